The number of rotatable bonds is 5. The molecule has 1 amide bonds. The number of hydrogen-bond acceptors (Lipinski definition) is 6. The van der Waals surface area contributed by atoms with E-state index >= 15 is 0 Å². The first kappa shape index (κ1) is 20.7. The second-order valence-electron chi connectivity index (χ2n) is 7.63. The van der Waals surface area contributed by atoms with Crippen LogP contribution in [0.2, 0.25) is 0 Å². The lowest BCUT2D eigenvalue weighted by molar-refractivity contribution is -0.159. The summed E-state index contributed by atoms with van der Waals surface area (Å²) in [5, 5.41) is 0.840. The Morgan fingerprint density at radius 2 is 1.90 bits per heavy atom. The van der Waals surface area contributed by atoms with Gasteiger partial charge in [0.25, 0.3) is 5.91 Å². The van der Waals surface area contributed by atoms with Crippen LogP contribution < -0.4 is 0 Å². The zero-order chi connectivity index (χ0) is 22.0. The average Bonchev–Trinajstić information content (AvgIpc) is 3.17. The first-order valence-electron chi connectivity index (χ1n) is 10.0. The highest BCUT2D eigenvalue weighted by molar-refractivity contribution is 5.89. The first-order valence-corrected chi connectivity index (χ1v) is 10.0. The summed E-state index contributed by atoms with van der Waals surface area (Å²) in [6, 6.07) is 12.6. The van der Waals surface area contributed by atoms with Crippen molar-refractivity contribution in [3.05, 3.63) is 71.0 Å². The molecule has 0 bridgehead atoms. The van der Waals surface area contributed by atoms with Crippen LogP contribution >= 0.6 is 0 Å². The van der Waals surface area contributed by atoms with Gasteiger partial charge in [-0.15, -0.1) is 0 Å². The van der Waals surface area contributed by atoms with E-state index in [1.165, 1.54) is 18.3 Å². The van der Waals surface area contributed by atoms with E-state index in [0.717, 1.165) is 22.1 Å². The van der Waals surface area contributed by atoms with Gasteiger partial charge in [0.2, 0.25) is 0 Å². The van der Waals surface area contributed by atoms with Crippen LogP contribution in [0, 0.1) is 6.92 Å². The molecule has 0 aliphatic carbocycles. The summed E-state index contributed by atoms with van der Waals surface area (Å²) < 4.78 is 15.6. The second kappa shape index (κ2) is 8.63. The first-order chi connectivity index (χ1) is 15.0. The molecule has 0 spiro atoms. The van der Waals surface area contributed by atoms with Crippen LogP contribution in [-0.4, -0.2) is 42.5 Å². The van der Waals surface area contributed by atoms with Crippen molar-refractivity contribution >= 4 is 28.8 Å². The maximum absolute atomic E-state index is 12.8. The lowest BCUT2D eigenvalue weighted by Crippen LogP contribution is -2.50. The van der Waals surface area contributed by atoms with E-state index in [2.05, 4.69) is 0 Å². The van der Waals surface area contributed by atoms with Crippen molar-refractivity contribution in [1.29, 1.82) is 0 Å². The van der Waals surface area contributed by atoms with Gasteiger partial charge in [0.15, 0.2) is 6.61 Å². The number of methoxy groups -OCH3 is 1. The van der Waals surface area contributed by atoms with Gasteiger partial charge in [0.1, 0.15) is 11.6 Å². The highest BCUT2D eigenvalue weighted by Crippen LogP contribution is 2.25. The van der Waals surface area contributed by atoms with Crippen LogP contribution in [0.5, 0.6) is 0 Å². The van der Waals surface area contributed by atoms with E-state index in [4.69, 9.17) is 13.9 Å². The number of carbonyl (C=O) groups excluding carboxylic acids is 3. The summed E-state index contributed by atoms with van der Waals surface area (Å²) >= 11 is 0. The van der Waals surface area contributed by atoms with Crippen molar-refractivity contribution in [1.82, 2.24) is 4.90 Å². The number of fused-ring (bicyclic) bond motifs is 2. The molecule has 1 aliphatic heterocycles. The van der Waals surface area contributed by atoms with E-state index in [1.807, 2.05) is 49.4 Å². The molecule has 0 saturated carbocycles. The minimum absolute atomic E-state index is 0.00734. The van der Waals surface area contributed by atoms with Crippen LogP contribution in [0.4, 0.5) is 0 Å². The fraction of sp³-hybridized carbons (Fsp3) is 0.292. The van der Waals surface area contributed by atoms with Crippen LogP contribution in [0.3, 0.4) is 0 Å². The Bertz CT molecular complexity index is 1150. The highest BCUT2D eigenvalue weighted by Gasteiger charge is 2.35. The van der Waals surface area contributed by atoms with Gasteiger partial charge in [-0.1, -0.05) is 36.4 Å². The number of esters is 2. The molecule has 31 heavy (non-hydrogen) atoms. The predicted molar refractivity (Wildman–Crippen MR) is 112 cm³/mol. The SMILES string of the molecule is COC(=O)[C@H]1Cc2ccccc2CN1C(=O)COC(=O)Cc1coc2cc(C)ccc12. The van der Waals surface area contributed by atoms with Gasteiger partial charge >= 0.3 is 11.9 Å². The number of hydrogen-bond donors (Lipinski definition) is 0. The fourth-order valence-electron chi connectivity index (χ4n) is 3.89. The molecule has 2 aromatic carbocycles. The number of ether oxygens (including phenoxy) is 2. The summed E-state index contributed by atoms with van der Waals surface area (Å²) in [5.41, 5.74) is 4.42. The maximum Gasteiger partial charge on any atom is 0.328 e. The Morgan fingerprint density at radius 1 is 1.13 bits per heavy atom. The molecule has 4 rings (SSSR count). The zero-order valence-corrected chi connectivity index (χ0v) is 17.4. The summed E-state index contributed by atoms with van der Waals surface area (Å²) in [5.74, 6) is -1.47. The molecule has 7 heteroatoms. The standard InChI is InChI=1S/C24H23NO6/c1-15-7-8-19-18(13-30-21(19)9-15)11-23(27)31-14-22(26)25-12-17-6-4-3-5-16(17)10-20(25)24(28)29-2/h3-9,13,20H,10-12,14H2,1-2H3/t20-/m1/s1. The van der Waals surface area contributed by atoms with Gasteiger partial charge in [-0.3, -0.25) is 9.59 Å². The van der Waals surface area contributed by atoms with E-state index in [0.29, 0.717) is 17.6 Å². The third kappa shape index (κ3) is 4.30. The summed E-state index contributed by atoms with van der Waals surface area (Å²) in [7, 11) is 1.29. The molecule has 0 radical (unpaired) electrons. The molecule has 7 nitrogen and oxygen atoms in total. The van der Waals surface area contributed by atoms with Crippen molar-refractivity contribution < 1.29 is 28.3 Å². The molecule has 0 saturated heterocycles. The van der Waals surface area contributed by atoms with Gasteiger partial charge in [-0.05, 0) is 29.7 Å². The van der Waals surface area contributed by atoms with E-state index in [9.17, 15) is 14.4 Å². The maximum atomic E-state index is 12.8. The lowest BCUT2D eigenvalue weighted by Gasteiger charge is -2.35. The number of nitrogens with zero attached hydrogens (tertiary/aromatic N) is 1. The highest BCUT2D eigenvalue weighted by atomic mass is 16.5. The number of carbonyl (C=O) groups is 3. The van der Waals surface area contributed by atoms with Crippen molar-refractivity contribution in [2.45, 2.75) is 32.4 Å². The Morgan fingerprint density at radius 3 is 2.68 bits per heavy atom. The Labute approximate surface area is 179 Å². The molecule has 1 aliphatic rings. The van der Waals surface area contributed by atoms with E-state index in [1.54, 1.807) is 0 Å². The summed E-state index contributed by atoms with van der Waals surface area (Å²) in [6.07, 6.45) is 1.89. The minimum atomic E-state index is -0.743. The molecule has 160 valence electrons. The normalized spacial score (nSPS) is 15.4. The third-order valence-corrected chi connectivity index (χ3v) is 5.54. The number of aryl methyl sites for hydroxylation is 1. The molecule has 0 unspecified atom stereocenters. The molecule has 1 aromatic heterocycles. The molecule has 2 heterocycles. The lowest BCUT2D eigenvalue weighted by atomic mass is 9.94. The van der Waals surface area contributed by atoms with Crippen LogP contribution in [-0.2, 0) is 43.2 Å². The Kier molecular flexibility index (Phi) is 5.75. The molecular formula is C24H23NO6. The third-order valence-electron chi connectivity index (χ3n) is 5.54. The van der Waals surface area contributed by atoms with E-state index < -0.39 is 30.5 Å². The minimum Gasteiger partial charge on any atom is -0.467 e. The number of furan rings is 1. The molecular weight excluding hydrogens is 398 g/mol. The van der Waals surface area contributed by atoms with Crippen molar-refractivity contribution in [3.8, 4) is 0 Å². The second-order valence-corrected chi connectivity index (χ2v) is 7.63. The molecule has 3 aromatic rings. The number of benzene rings is 2. The fourth-order valence-corrected chi connectivity index (χ4v) is 3.89. The van der Waals surface area contributed by atoms with Gasteiger partial charge in [-0.25, -0.2) is 4.79 Å². The molecule has 0 N–H and O–H groups in total. The van der Waals surface area contributed by atoms with Gasteiger partial charge < -0.3 is 18.8 Å². The summed E-state index contributed by atoms with van der Waals surface area (Å²) in [4.78, 5) is 38.8. The van der Waals surface area contributed by atoms with Crippen molar-refractivity contribution in [2.24, 2.45) is 0 Å². The molecule has 1 atom stereocenters. The van der Waals surface area contributed by atoms with Crippen LogP contribution in [0.25, 0.3) is 11.0 Å². The quantitative estimate of drug-likeness (QED) is 0.589. The number of amides is 1. The van der Waals surface area contributed by atoms with Gasteiger partial charge in [0, 0.05) is 23.9 Å². The van der Waals surface area contributed by atoms with Crippen LogP contribution in [0.1, 0.15) is 22.3 Å². The van der Waals surface area contributed by atoms with Crippen molar-refractivity contribution in [3.63, 3.8) is 0 Å². The Balaban J connectivity index is 1.42. The topological polar surface area (TPSA) is 86.0 Å². The zero-order valence-electron chi connectivity index (χ0n) is 17.4. The van der Waals surface area contributed by atoms with E-state index in [-0.39, 0.29) is 13.0 Å². The summed E-state index contributed by atoms with van der Waals surface area (Å²) in [6.45, 7) is 1.78. The van der Waals surface area contributed by atoms with Crippen molar-refractivity contribution in [2.75, 3.05) is 13.7 Å². The largest absolute Gasteiger partial charge is 0.467 e. The Hall–Kier alpha value is -3.61. The predicted octanol–water partition coefficient (Wildman–Crippen LogP) is 2.95. The smallest absolute Gasteiger partial charge is 0.328 e. The van der Waals surface area contributed by atoms with Gasteiger partial charge in [0.05, 0.1) is 19.8 Å². The average molecular weight is 421 g/mol. The van der Waals surface area contributed by atoms with Gasteiger partial charge in [-0.2, -0.15) is 0 Å². The monoisotopic (exact) mass is 421 g/mol. The molecule has 0 fully saturated rings. The van der Waals surface area contributed by atoms with Crippen LogP contribution in [0.15, 0.2) is 53.1 Å².